The topological polar surface area (TPSA) is 0 Å². The predicted molar refractivity (Wildman–Crippen MR) is 62.4 cm³/mol. The maximum atomic E-state index is 5.59. The second-order valence-corrected chi connectivity index (χ2v) is 4.22. The van der Waals surface area contributed by atoms with Crippen LogP contribution in [0, 0.1) is 0 Å². The van der Waals surface area contributed by atoms with E-state index in [1.54, 1.807) is 0 Å². The molecule has 1 aromatic carbocycles. The Morgan fingerprint density at radius 3 is 2.46 bits per heavy atom. The van der Waals surface area contributed by atoms with Gasteiger partial charge >= 0.3 is 0 Å². The van der Waals surface area contributed by atoms with Gasteiger partial charge in [-0.05, 0) is 31.2 Å². The van der Waals surface area contributed by atoms with Crippen LogP contribution in [0.2, 0.25) is 0 Å². The van der Waals surface area contributed by atoms with Gasteiger partial charge in [0.05, 0.1) is 4.32 Å². The lowest BCUT2D eigenvalue weighted by Crippen LogP contribution is -1.87. The molecule has 2 heteroatoms. The zero-order valence-electron chi connectivity index (χ0n) is 7.50. The van der Waals surface area contributed by atoms with Crippen molar-refractivity contribution in [2.24, 2.45) is 0 Å². The predicted octanol–water partition coefficient (Wildman–Crippen LogP) is 3.97. The Bertz CT molecular complexity index is 256. The Hall–Kier alpha value is -0.400. The van der Waals surface area contributed by atoms with Crippen LogP contribution in [0.3, 0.4) is 0 Å². The van der Waals surface area contributed by atoms with Crippen LogP contribution in [0.25, 0.3) is 0 Å². The Morgan fingerprint density at radius 1 is 1.15 bits per heavy atom. The molecule has 0 N–H and O–H groups in total. The quantitative estimate of drug-likeness (QED) is 0.405. The van der Waals surface area contributed by atoms with Gasteiger partial charge in [-0.2, -0.15) is 0 Å². The molecule has 0 heterocycles. The van der Waals surface area contributed by atoms with Crippen molar-refractivity contribution < 1.29 is 0 Å². The smallest absolute Gasteiger partial charge is 0.0765 e. The number of hydrogen-bond acceptors (Lipinski definition) is 1. The van der Waals surface area contributed by atoms with Crippen molar-refractivity contribution in [3.63, 3.8) is 0 Å². The van der Waals surface area contributed by atoms with Gasteiger partial charge in [-0.3, -0.25) is 0 Å². The molecule has 1 aromatic rings. The van der Waals surface area contributed by atoms with E-state index in [1.807, 2.05) is 6.07 Å². The number of aryl methyl sites for hydroxylation is 1. The highest BCUT2D eigenvalue weighted by atomic mass is 35.5. The van der Waals surface area contributed by atoms with E-state index in [-0.39, 0.29) is 0 Å². The van der Waals surface area contributed by atoms with Gasteiger partial charge in [0.25, 0.3) is 0 Å². The molecule has 0 aliphatic heterocycles. The van der Waals surface area contributed by atoms with Crippen LogP contribution in [-0.4, -0.2) is 4.32 Å². The Labute approximate surface area is 89.9 Å². The number of rotatable bonds is 5. The summed E-state index contributed by atoms with van der Waals surface area (Å²) in [5.74, 6) is 0. The number of thiocarbonyl (C=S) groups is 1. The summed E-state index contributed by atoms with van der Waals surface area (Å²) in [6.07, 6.45) is 4.25. The number of benzene rings is 1. The summed E-state index contributed by atoms with van der Waals surface area (Å²) in [6, 6.07) is 10.5. The van der Waals surface area contributed by atoms with Crippen molar-refractivity contribution in [3.8, 4) is 0 Å². The molecule has 0 fully saturated rings. The van der Waals surface area contributed by atoms with E-state index >= 15 is 0 Å². The molecule has 0 atom stereocenters. The minimum Gasteiger partial charge on any atom is -0.0765 e. The van der Waals surface area contributed by atoms with E-state index in [0.717, 1.165) is 25.7 Å². The van der Waals surface area contributed by atoms with E-state index in [4.69, 9.17) is 23.8 Å². The Morgan fingerprint density at radius 2 is 1.85 bits per heavy atom. The van der Waals surface area contributed by atoms with Crippen molar-refractivity contribution in [2.75, 3.05) is 0 Å². The molecule has 1 rings (SSSR count). The van der Waals surface area contributed by atoms with Gasteiger partial charge in [0.2, 0.25) is 0 Å². The van der Waals surface area contributed by atoms with Crippen LogP contribution in [0.4, 0.5) is 0 Å². The third-order valence-corrected chi connectivity index (χ3v) is 2.32. The molecule has 70 valence electrons. The third-order valence-electron chi connectivity index (χ3n) is 1.93. The van der Waals surface area contributed by atoms with Gasteiger partial charge in [-0.15, -0.1) is 0 Å². The molecule has 0 aliphatic carbocycles. The highest BCUT2D eigenvalue weighted by Crippen LogP contribution is 2.07. The third kappa shape index (κ3) is 5.02. The largest absolute Gasteiger partial charge is 0.0808 e. The van der Waals surface area contributed by atoms with Gasteiger partial charge < -0.3 is 0 Å². The van der Waals surface area contributed by atoms with Crippen molar-refractivity contribution in [3.05, 3.63) is 35.9 Å². The highest BCUT2D eigenvalue weighted by Gasteiger charge is 1.94. The van der Waals surface area contributed by atoms with Crippen LogP contribution in [0.1, 0.15) is 24.8 Å². The summed E-state index contributed by atoms with van der Waals surface area (Å²) in [5.41, 5.74) is 1.39. The first-order valence-electron chi connectivity index (χ1n) is 4.51. The molecular formula is C11H13ClS. The van der Waals surface area contributed by atoms with Gasteiger partial charge in [-0.1, -0.05) is 54.2 Å². The molecule has 0 saturated heterocycles. The Kier molecular flexibility index (Phi) is 5.02. The molecular weight excluding hydrogens is 200 g/mol. The maximum absolute atomic E-state index is 5.59. The maximum Gasteiger partial charge on any atom is 0.0808 e. The first kappa shape index (κ1) is 10.7. The van der Waals surface area contributed by atoms with E-state index < -0.39 is 0 Å². The molecule has 0 aliphatic rings. The minimum absolute atomic E-state index is 0.605. The van der Waals surface area contributed by atoms with Crippen molar-refractivity contribution in [1.82, 2.24) is 0 Å². The summed E-state index contributed by atoms with van der Waals surface area (Å²) in [5, 5.41) is 0. The monoisotopic (exact) mass is 212 g/mol. The SMILES string of the molecule is S=C(Cl)CCCCc1ccccc1. The molecule has 13 heavy (non-hydrogen) atoms. The first-order chi connectivity index (χ1) is 6.29. The normalized spacial score (nSPS) is 9.92. The fourth-order valence-electron chi connectivity index (χ4n) is 1.24. The number of hydrogen-bond donors (Lipinski definition) is 0. The van der Waals surface area contributed by atoms with Crippen LogP contribution in [-0.2, 0) is 6.42 Å². The average molecular weight is 213 g/mol. The molecule has 0 bridgehead atoms. The fourth-order valence-corrected chi connectivity index (χ4v) is 1.52. The van der Waals surface area contributed by atoms with Crippen LogP contribution >= 0.6 is 23.8 Å². The van der Waals surface area contributed by atoms with E-state index in [9.17, 15) is 0 Å². The average Bonchev–Trinajstić information content (AvgIpc) is 2.14. The minimum atomic E-state index is 0.605. The van der Waals surface area contributed by atoms with E-state index in [0.29, 0.717) is 4.32 Å². The van der Waals surface area contributed by atoms with E-state index in [1.165, 1.54) is 5.56 Å². The van der Waals surface area contributed by atoms with Crippen molar-refractivity contribution in [2.45, 2.75) is 25.7 Å². The number of halogens is 1. The summed E-state index contributed by atoms with van der Waals surface area (Å²) < 4.78 is 0.605. The lowest BCUT2D eigenvalue weighted by atomic mass is 10.1. The van der Waals surface area contributed by atoms with E-state index in [2.05, 4.69) is 24.3 Å². The second kappa shape index (κ2) is 6.11. The van der Waals surface area contributed by atoms with Gasteiger partial charge in [-0.25, -0.2) is 0 Å². The van der Waals surface area contributed by atoms with Gasteiger partial charge in [0.1, 0.15) is 0 Å². The zero-order valence-corrected chi connectivity index (χ0v) is 9.07. The van der Waals surface area contributed by atoms with Crippen molar-refractivity contribution in [1.29, 1.82) is 0 Å². The van der Waals surface area contributed by atoms with Gasteiger partial charge in [0, 0.05) is 0 Å². The molecule has 0 unspecified atom stereocenters. The Balaban J connectivity index is 2.17. The first-order valence-corrected chi connectivity index (χ1v) is 5.30. The van der Waals surface area contributed by atoms with Gasteiger partial charge in [0.15, 0.2) is 0 Å². The molecule has 0 radical (unpaired) electrons. The zero-order chi connectivity index (χ0) is 9.52. The lowest BCUT2D eigenvalue weighted by molar-refractivity contribution is 0.767. The summed E-state index contributed by atoms with van der Waals surface area (Å²) in [7, 11) is 0. The van der Waals surface area contributed by atoms with Crippen LogP contribution in [0.15, 0.2) is 30.3 Å². The second-order valence-electron chi connectivity index (χ2n) is 3.05. The molecule has 0 spiro atoms. The standard InChI is InChI=1S/C11H13ClS/c12-11(13)9-5-4-8-10-6-2-1-3-7-10/h1-3,6-7H,4-5,8-9H2. The molecule has 0 amide bonds. The summed E-state index contributed by atoms with van der Waals surface area (Å²) in [4.78, 5) is 0. The molecule has 0 aromatic heterocycles. The van der Waals surface area contributed by atoms with Crippen LogP contribution in [0.5, 0.6) is 0 Å². The number of unbranched alkanes of at least 4 members (excludes halogenated alkanes) is 1. The molecule has 0 saturated carbocycles. The summed E-state index contributed by atoms with van der Waals surface area (Å²) >= 11 is 10.4. The molecule has 0 nitrogen and oxygen atoms in total. The summed E-state index contributed by atoms with van der Waals surface area (Å²) in [6.45, 7) is 0. The lowest BCUT2D eigenvalue weighted by Gasteiger charge is -1.99. The van der Waals surface area contributed by atoms with Crippen molar-refractivity contribution >= 4 is 28.1 Å². The highest BCUT2D eigenvalue weighted by molar-refractivity contribution is 7.83. The van der Waals surface area contributed by atoms with Crippen LogP contribution < -0.4 is 0 Å². The fraction of sp³-hybridized carbons (Fsp3) is 0.364.